The number of hydrogen-bond donors (Lipinski definition) is 1. The molecule has 1 N–H and O–H groups in total. The fourth-order valence-electron chi connectivity index (χ4n) is 3.13. The second-order valence-corrected chi connectivity index (χ2v) is 6.65. The molecule has 1 saturated carbocycles. The maximum Gasteiger partial charge on any atom is 0.178 e. The van der Waals surface area contributed by atoms with Crippen LogP contribution < -0.4 is 0 Å². The highest BCUT2D eigenvalue weighted by atomic mass is 79.9. The number of fused-ring (bicyclic) bond motifs is 1. The lowest BCUT2D eigenvalue weighted by atomic mass is 9.86. The fourth-order valence-corrected chi connectivity index (χ4v) is 3.81. The summed E-state index contributed by atoms with van der Waals surface area (Å²) in [4.78, 5) is 3.13. The van der Waals surface area contributed by atoms with Crippen LogP contribution in [0.5, 0.6) is 0 Å². The molecule has 102 valence electrons. The summed E-state index contributed by atoms with van der Waals surface area (Å²) in [6.07, 6.45) is 4.93. The summed E-state index contributed by atoms with van der Waals surface area (Å²) in [6.45, 7) is 2.28. The van der Waals surface area contributed by atoms with E-state index in [4.69, 9.17) is 12.2 Å². The van der Waals surface area contributed by atoms with Gasteiger partial charge in [0.05, 0.1) is 15.5 Å². The van der Waals surface area contributed by atoms with Gasteiger partial charge in [-0.05, 0) is 53.0 Å². The third kappa shape index (κ3) is 2.27. The molecular weight excluding hydrogens is 327 g/mol. The zero-order valence-corrected chi connectivity index (χ0v) is 13.2. The van der Waals surface area contributed by atoms with Crippen LogP contribution in [0.15, 0.2) is 16.6 Å². The molecule has 2 unspecified atom stereocenters. The molecular formula is C14H16BrFN2S. The van der Waals surface area contributed by atoms with E-state index in [1.807, 2.05) is 6.07 Å². The van der Waals surface area contributed by atoms with Crippen molar-refractivity contribution in [2.24, 2.45) is 5.92 Å². The summed E-state index contributed by atoms with van der Waals surface area (Å²) in [5.41, 5.74) is 1.78. The molecule has 3 rings (SSSR count). The van der Waals surface area contributed by atoms with Crippen LogP contribution in [0.4, 0.5) is 4.39 Å². The van der Waals surface area contributed by atoms with Gasteiger partial charge in [-0.1, -0.05) is 19.8 Å². The smallest absolute Gasteiger partial charge is 0.178 e. The van der Waals surface area contributed by atoms with Crippen LogP contribution in [0.25, 0.3) is 11.0 Å². The SMILES string of the molecule is CC1CCCCC1n1c(=S)[nH]c2cc(F)c(Br)cc21. The molecule has 19 heavy (non-hydrogen) atoms. The van der Waals surface area contributed by atoms with E-state index in [9.17, 15) is 4.39 Å². The van der Waals surface area contributed by atoms with Gasteiger partial charge in [-0.25, -0.2) is 4.39 Å². The van der Waals surface area contributed by atoms with Crippen molar-refractivity contribution in [1.29, 1.82) is 0 Å². The van der Waals surface area contributed by atoms with Crippen LogP contribution >= 0.6 is 28.1 Å². The molecule has 1 heterocycles. The Bertz CT molecular complexity index is 676. The van der Waals surface area contributed by atoms with Gasteiger partial charge in [0, 0.05) is 12.1 Å². The number of benzene rings is 1. The number of aromatic nitrogens is 2. The van der Waals surface area contributed by atoms with Crippen molar-refractivity contribution in [3.05, 3.63) is 27.2 Å². The third-order valence-electron chi connectivity index (χ3n) is 4.16. The number of hydrogen-bond acceptors (Lipinski definition) is 1. The second kappa shape index (κ2) is 5.02. The predicted molar refractivity (Wildman–Crippen MR) is 81.4 cm³/mol. The lowest BCUT2D eigenvalue weighted by Gasteiger charge is -2.30. The van der Waals surface area contributed by atoms with Crippen LogP contribution in [-0.2, 0) is 0 Å². The minimum absolute atomic E-state index is 0.257. The average molecular weight is 343 g/mol. The molecule has 1 fully saturated rings. The molecule has 0 amide bonds. The first-order valence-corrected chi connectivity index (χ1v) is 7.87. The first-order chi connectivity index (χ1) is 9.08. The highest BCUT2D eigenvalue weighted by Gasteiger charge is 2.25. The summed E-state index contributed by atoms with van der Waals surface area (Å²) >= 11 is 8.71. The molecule has 1 aliphatic rings. The van der Waals surface area contributed by atoms with Crippen LogP contribution in [0.1, 0.15) is 38.6 Å². The van der Waals surface area contributed by atoms with Gasteiger partial charge in [0.1, 0.15) is 5.82 Å². The van der Waals surface area contributed by atoms with E-state index in [1.165, 1.54) is 25.3 Å². The van der Waals surface area contributed by atoms with E-state index in [1.54, 1.807) is 0 Å². The molecule has 5 heteroatoms. The quantitative estimate of drug-likeness (QED) is 0.692. The van der Waals surface area contributed by atoms with Gasteiger partial charge in [0.2, 0.25) is 0 Å². The number of nitrogens with one attached hydrogen (secondary N) is 1. The molecule has 0 aliphatic heterocycles. The number of rotatable bonds is 1. The van der Waals surface area contributed by atoms with Crippen molar-refractivity contribution in [2.45, 2.75) is 38.6 Å². The van der Waals surface area contributed by atoms with Gasteiger partial charge in [-0.2, -0.15) is 0 Å². The number of imidazole rings is 1. The Morgan fingerprint density at radius 3 is 2.84 bits per heavy atom. The fraction of sp³-hybridized carbons (Fsp3) is 0.500. The molecule has 2 aromatic rings. The normalized spacial score (nSPS) is 23.9. The van der Waals surface area contributed by atoms with Crippen molar-refractivity contribution in [2.75, 3.05) is 0 Å². The Balaban J connectivity index is 2.19. The summed E-state index contributed by atoms with van der Waals surface area (Å²) in [6, 6.07) is 3.77. The first kappa shape index (κ1) is 13.3. The van der Waals surface area contributed by atoms with Gasteiger partial charge >= 0.3 is 0 Å². The minimum Gasteiger partial charge on any atom is -0.330 e. The van der Waals surface area contributed by atoms with Crippen molar-refractivity contribution in [1.82, 2.24) is 9.55 Å². The van der Waals surface area contributed by atoms with E-state index in [2.05, 4.69) is 32.4 Å². The lowest BCUT2D eigenvalue weighted by molar-refractivity contribution is 0.260. The third-order valence-corrected chi connectivity index (χ3v) is 5.06. The summed E-state index contributed by atoms with van der Waals surface area (Å²) < 4.78 is 17.0. The summed E-state index contributed by atoms with van der Waals surface area (Å²) in [7, 11) is 0. The van der Waals surface area contributed by atoms with Gasteiger partial charge in [-0.3, -0.25) is 0 Å². The Kier molecular flexibility index (Phi) is 3.52. The topological polar surface area (TPSA) is 20.7 Å². The molecule has 0 saturated heterocycles. The monoisotopic (exact) mass is 342 g/mol. The molecule has 0 radical (unpaired) electrons. The van der Waals surface area contributed by atoms with Crippen LogP contribution in [-0.4, -0.2) is 9.55 Å². The maximum atomic E-state index is 13.6. The number of halogens is 2. The number of H-pyrrole nitrogens is 1. The van der Waals surface area contributed by atoms with Gasteiger partial charge in [0.25, 0.3) is 0 Å². The Hall–Kier alpha value is -0.680. The highest BCUT2D eigenvalue weighted by Crippen LogP contribution is 2.36. The van der Waals surface area contributed by atoms with Crippen molar-refractivity contribution in [3.63, 3.8) is 0 Å². The Labute approximate surface area is 125 Å². The zero-order chi connectivity index (χ0) is 13.6. The Morgan fingerprint density at radius 2 is 2.11 bits per heavy atom. The van der Waals surface area contributed by atoms with Crippen molar-refractivity contribution < 1.29 is 4.39 Å². The Morgan fingerprint density at radius 1 is 1.37 bits per heavy atom. The van der Waals surface area contributed by atoms with Crippen LogP contribution in [0.3, 0.4) is 0 Å². The van der Waals surface area contributed by atoms with E-state index in [-0.39, 0.29) is 5.82 Å². The molecule has 1 aromatic carbocycles. The second-order valence-electron chi connectivity index (χ2n) is 5.41. The average Bonchev–Trinajstić information content (AvgIpc) is 2.66. The maximum absolute atomic E-state index is 13.6. The lowest BCUT2D eigenvalue weighted by Crippen LogP contribution is -2.21. The van der Waals surface area contributed by atoms with Crippen LogP contribution in [0, 0.1) is 16.5 Å². The van der Waals surface area contributed by atoms with Gasteiger partial charge in [0.15, 0.2) is 4.77 Å². The summed E-state index contributed by atoms with van der Waals surface area (Å²) in [5, 5.41) is 0. The minimum atomic E-state index is -0.257. The molecule has 1 aromatic heterocycles. The van der Waals surface area contributed by atoms with Crippen molar-refractivity contribution in [3.8, 4) is 0 Å². The molecule has 2 nitrogen and oxygen atoms in total. The highest BCUT2D eigenvalue weighted by molar-refractivity contribution is 9.10. The molecule has 1 aliphatic carbocycles. The first-order valence-electron chi connectivity index (χ1n) is 6.67. The predicted octanol–water partition coefficient (Wildman–Crippen LogP) is 5.35. The molecule has 0 bridgehead atoms. The largest absolute Gasteiger partial charge is 0.330 e. The number of aromatic amines is 1. The van der Waals surface area contributed by atoms with E-state index < -0.39 is 0 Å². The zero-order valence-electron chi connectivity index (χ0n) is 10.7. The number of nitrogens with zero attached hydrogens (tertiary/aromatic N) is 1. The molecule has 2 atom stereocenters. The van der Waals surface area contributed by atoms with Gasteiger partial charge < -0.3 is 9.55 Å². The summed E-state index contributed by atoms with van der Waals surface area (Å²) in [5.74, 6) is 0.357. The standard InChI is InChI=1S/C14H16BrFN2S/c1-8-4-2-3-5-12(8)18-13-6-9(15)10(16)7-11(13)17-14(18)19/h6-8,12H,2-5H2,1H3,(H,17,19). The van der Waals surface area contributed by atoms with Crippen molar-refractivity contribution >= 4 is 39.2 Å². The van der Waals surface area contributed by atoms with E-state index >= 15 is 0 Å². The van der Waals surface area contributed by atoms with E-state index in [0.29, 0.717) is 21.2 Å². The van der Waals surface area contributed by atoms with Crippen LogP contribution in [0.2, 0.25) is 0 Å². The molecule has 0 spiro atoms. The van der Waals surface area contributed by atoms with Gasteiger partial charge in [-0.15, -0.1) is 0 Å². The van der Waals surface area contributed by atoms with E-state index in [0.717, 1.165) is 17.5 Å².